The molecule has 0 aromatic heterocycles. The Bertz CT molecular complexity index is 525. The number of hydrogen-bond donors (Lipinski definition) is 2. The van der Waals surface area contributed by atoms with E-state index in [0.717, 1.165) is 25.0 Å². The summed E-state index contributed by atoms with van der Waals surface area (Å²) in [6, 6.07) is 8.55. The summed E-state index contributed by atoms with van der Waals surface area (Å²) in [6.07, 6.45) is 5.29. The van der Waals surface area contributed by atoms with Gasteiger partial charge in [-0.3, -0.25) is 0 Å². The van der Waals surface area contributed by atoms with Gasteiger partial charge in [0.25, 0.3) is 0 Å². The van der Waals surface area contributed by atoms with E-state index < -0.39 is 6.10 Å². The number of fused-ring (bicyclic) bond motifs is 1. The molecule has 2 N–H and O–H groups in total. The van der Waals surface area contributed by atoms with Crippen LogP contribution < -0.4 is 10.1 Å². The summed E-state index contributed by atoms with van der Waals surface area (Å²) in [6.45, 7) is 5.86. The average Bonchev–Trinajstić information content (AvgIpc) is 3.00. The number of aliphatic hydroxyl groups is 1. The van der Waals surface area contributed by atoms with Crippen LogP contribution in [0.1, 0.15) is 57.6 Å². The molecule has 3 rings (SSSR count). The van der Waals surface area contributed by atoms with E-state index in [1.165, 1.54) is 18.4 Å². The Labute approximate surface area is 145 Å². The first-order valence-electron chi connectivity index (χ1n) is 9.35. The van der Waals surface area contributed by atoms with Gasteiger partial charge in [0.05, 0.1) is 12.7 Å². The summed E-state index contributed by atoms with van der Waals surface area (Å²) in [7, 11) is 0. The lowest BCUT2D eigenvalue weighted by atomic mass is 9.86. The normalized spacial score (nSPS) is 23.2. The van der Waals surface area contributed by atoms with E-state index in [2.05, 4.69) is 37.4 Å². The number of para-hydroxylation sites is 1. The van der Waals surface area contributed by atoms with Crippen molar-refractivity contribution in [1.82, 2.24) is 5.32 Å². The zero-order chi connectivity index (χ0) is 17.0. The van der Waals surface area contributed by atoms with E-state index in [1.807, 2.05) is 6.07 Å². The monoisotopic (exact) mass is 333 g/mol. The minimum Gasteiger partial charge on any atom is -0.487 e. The lowest BCUT2D eigenvalue weighted by Gasteiger charge is -2.40. The van der Waals surface area contributed by atoms with Crippen LogP contribution in [0.2, 0.25) is 0 Å². The van der Waals surface area contributed by atoms with Crippen LogP contribution in [-0.2, 0) is 4.74 Å². The lowest BCUT2D eigenvalue weighted by Crippen LogP contribution is -2.44. The zero-order valence-electron chi connectivity index (χ0n) is 15.0. The second-order valence-electron chi connectivity index (χ2n) is 7.78. The number of nitrogens with one attached hydrogen (secondary N) is 1. The number of aliphatic hydroxyl groups excluding tert-OH is 1. The van der Waals surface area contributed by atoms with E-state index in [-0.39, 0.29) is 11.6 Å². The summed E-state index contributed by atoms with van der Waals surface area (Å²) in [4.78, 5) is 0. The van der Waals surface area contributed by atoms with Crippen LogP contribution in [0.15, 0.2) is 24.3 Å². The molecule has 2 unspecified atom stereocenters. The van der Waals surface area contributed by atoms with Crippen LogP contribution >= 0.6 is 0 Å². The Morgan fingerprint density at radius 2 is 2.00 bits per heavy atom. The predicted molar refractivity (Wildman–Crippen MR) is 95.3 cm³/mol. The van der Waals surface area contributed by atoms with Gasteiger partial charge in [0.15, 0.2) is 0 Å². The third kappa shape index (κ3) is 4.29. The van der Waals surface area contributed by atoms with Crippen LogP contribution in [0, 0.1) is 5.92 Å². The molecule has 1 aliphatic carbocycles. The fourth-order valence-electron chi connectivity index (χ4n) is 3.90. The number of hydrogen-bond acceptors (Lipinski definition) is 4. The molecule has 0 saturated heterocycles. The van der Waals surface area contributed by atoms with Gasteiger partial charge in [-0.05, 0) is 37.7 Å². The molecular formula is C20H31NO3. The van der Waals surface area contributed by atoms with Crippen molar-refractivity contribution in [2.75, 3.05) is 19.8 Å². The maximum Gasteiger partial charge on any atom is 0.124 e. The SMILES string of the molecule is CC(C)COCC(O)CNC1CC2(CCCC2)Oc2ccccc21. The number of rotatable bonds is 7. The van der Waals surface area contributed by atoms with Crippen molar-refractivity contribution >= 4 is 0 Å². The Kier molecular flexibility index (Phi) is 5.80. The molecule has 0 radical (unpaired) electrons. The highest BCUT2D eigenvalue weighted by Gasteiger charge is 2.42. The first kappa shape index (κ1) is 17.7. The van der Waals surface area contributed by atoms with E-state index in [9.17, 15) is 5.11 Å². The molecule has 1 heterocycles. The Morgan fingerprint density at radius 3 is 2.75 bits per heavy atom. The highest BCUT2D eigenvalue weighted by atomic mass is 16.5. The van der Waals surface area contributed by atoms with Gasteiger partial charge in [-0.25, -0.2) is 0 Å². The Hall–Kier alpha value is -1.10. The molecule has 1 aromatic carbocycles. The van der Waals surface area contributed by atoms with Crippen molar-refractivity contribution < 1.29 is 14.6 Å². The van der Waals surface area contributed by atoms with Crippen LogP contribution in [-0.4, -0.2) is 36.6 Å². The standard InChI is InChI=1S/C20H31NO3/c1-15(2)13-23-14-16(22)12-21-18-11-20(9-5-6-10-20)24-19-8-4-3-7-17(18)19/h3-4,7-8,15-16,18,21-22H,5-6,9-14H2,1-2H3. The minimum atomic E-state index is -0.474. The summed E-state index contributed by atoms with van der Waals surface area (Å²) in [5, 5.41) is 13.7. The quantitative estimate of drug-likeness (QED) is 0.802. The molecule has 2 aliphatic rings. The van der Waals surface area contributed by atoms with Crippen molar-refractivity contribution in [2.24, 2.45) is 5.92 Å². The second-order valence-corrected chi connectivity index (χ2v) is 7.78. The third-order valence-corrected chi connectivity index (χ3v) is 5.07. The predicted octanol–water partition coefficient (Wildman–Crippen LogP) is 3.45. The molecular weight excluding hydrogens is 302 g/mol. The zero-order valence-corrected chi connectivity index (χ0v) is 15.0. The minimum absolute atomic E-state index is 0.00881. The molecule has 1 aromatic rings. The van der Waals surface area contributed by atoms with Gasteiger partial charge in [0.1, 0.15) is 11.4 Å². The maximum absolute atomic E-state index is 10.2. The van der Waals surface area contributed by atoms with Gasteiger partial charge in [-0.2, -0.15) is 0 Å². The highest BCUT2D eigenvalue weighted by molar-refractivity contribution is 5.39. The van der Waals surface area contributed by atoms with E-state index in [1.54, 1.807) is 0 Å². The Balaban J connectivity index is 1.59. The number of ether oxygens (including phenoxy) is 2. The molecule has 1 fully saturated rings. The largest absolute Gasteiger partial charge is 0.487 e. The molecule has 2 atom stereocenters. The molecule has 4 heteroatoms. The smallest absolute Gasteiger partial charge is 0.124 e. The first-order valence-corrected chi connectivity index (χ1v) is 9.35. The van der Waals surface area contributed by atoms with Crippen LogP contribution in [0.3, 0.4) is 0 Å². The first-order chi connectivity index (χ1) is 11.6. The van der Waals surface area contributed by atoms with Gasteiger partial charge in [0, 0.05) is 31.2 Å². The molecule has 134 valence electrons. The van der Waals surface area contributed by atoms with E-state index in [0.29, 0.717) is 25.7 Å². The second kappa shape index (κ2) is 7.85. The molecule has 0 bridgehead atoms. The number of benzene rings is 1. The molecule has 24 heavy (non-hydrogen) atoms. The van der Waals surface area contributed by atoms with Gasteiger partial charge < -0.3 is 19.9 Å². The van der Waals surface area contributed by atoms with Gasteiger partial charge in [0.2, 0.25) is 0 Å². The fourth-order valence-corrected chi connectivity index (χ4v) is 3.90. The van der Waals surface area contributed by atoms with Crippen molar-refractivity contribution in [1.29, 1.82) is 0 Å². The fraction of sp³-hybridized carbons (Fsp3) is 0.700. The Morgan fingerprint density at radius 1 is 1.25 bits per heavy atom. The van der Waals surface area contributed by atoms with Gasteiger partial charge in [-0.1, -0.05) is 32.0 Å². The molecule has 1 aliphatic heterocycles. The third-order valence-electron chi connectivity index (χ3n) is 5.07. The average molecular weight is 333 g/mol. The lowest BCUT2D eigenvalue weighted by molar-refractivity contribution is 0.0151. The highest BCUT2D eigenvalue weighted by Crippen LogP contribution is 2.46. The molecule has 1 spiro atoms. The summed E-state index contributed by atoms with van der Waals surface area (Å²) in [5.41, 5.74) is 1.20. The van der Waals surface area contributed by atoms with E-state index in [4.69, 9.17) is 9.47 Å². The summed E-state index contributed by atoms with van der Waals surface area (Å²) >= 11 is 0. The molecule has 4 nitrogen and oxygen atoms in total. The van der Waals surface area contributed by atoms with Crippen molar-refractivity contribution in [3.05, 3.63) is 29.8 Å². The molecule has 0 amide bonds. The van der Waals surface area contributed by atoms with E-state index >= 15 is 0 Å². The van der Waals surface area contributed by atoms with Gasteiger partial charge in [-0.15, -0.1) is 0 Å². The summed E-state index contributed by atoms with van der Waals surface area (Å²) in [5.74, 6) is 1.50. The van der Waals surface area contributed by atoms with Gasteiger partial charge >= 0.3 is 0 Å². The molecule has 1 saturated carbocycles. The topological polar surface area (TPSA) is 50.7 Å². The van der Waals surface area contributed by atoms with Crippen molar-refractivity contribution in [3.8, 4) is 5.75 Å². The van der Waals surface area contributed by atoms with Crippen LogP contribution in [0.5, 0.6) is 5.75 Å². The summed E-state index contributed by atoms with van der Waals surface area (Å²) < 4.78 is 11.9. The van der Waals surface area contributed by atoms with Crippen molar-refractivity contribution in [2.45, 2.75) is 63.7 Å². The van der Waals surface area contributed by atoms with Crippen LogP contribution in [0.25, 0.3) is 0 Å². The van der Waals surface area contributed by atoms with Crippen LogP contribution in [0.4, 0.5) is 0 Å². The maximum atomic E-state index is 10.2. The van der Waals surface area contributed by atoms with Crippen molar-refractivity contribution in [3.63, 3.8) is 0 Å².